The van der Waals surface area contributed by atoms with Gasteiger partial charge in [-0.05, 0) is 32.4 Å². The molecule has 112 valence electrons. The Morgan fingerprint density at radius 3 is 2.60 bits per heavy atom. The van der Waals surface area contributed by atoms with Gasteiger partial charge in [-0.25, -0.2) is 0 Å². The molecule has 0 aromatic heterocycles. The molecule has 0 radical (unpaired) electrons. The minimum atomic E-state index is -4.40. The molecule has 2 nitrogen and oxygen atoms in total. The van der Waals surface area contributed by atoms with Gasteiger partial charge in [0.2, 0.25) is 0 Å². The lowest BCUT2D eigenvalue weighted by molar-refractivity contribution is -0.137. The summed E-state index contributed by atoms with van der Waals surface area (Å²) in [4.78, 5) is 2.24. The van der Waals surface area contributed by atoms with Gasteiger partial charge in [-0.2, -0.15) is 13.2 Å². The molecule has 0 spiro atoms. The van der Waals surface area contributed by atoms with Gasteiger partial charge in [0.05, 0.1) is 16.3 Å². The number of anilines is 1. The zero-order chi connectivity index (χ0) is 14.9. The number of hydrogen-bond acceptors (Lipinski definition) is 2. The molecule has 1 unspecified atom stereocenters. The van der Waals surface area contributed by atoms with Gasteiger partial charge in [-0.3, -0.25) is 4.90 Å². The Morgan fingerprint density at radius 1 is 1.35 bits per heavy atom. The number of hydrogen-bond donors (Lipinski definition) is 1. The average molecular weight is 307 g/mol. The number of nitrogens with one attached hydrogen (secondary N) is 1. The highest BCUT2D eigenvalue weighted by molar-refractivity contribution is 6.33. The summed E-state index contributed by atoms with van der Waals surface area (Å²) in [6.07, 6.45) is -3.58. The normalized spacial score (nSPS) is 20.6. The maximum Gasteiger partial charge on any atom is 0.418 e. The predicted octanol–water partition coefficient (Wildman–Crippen LogP) is 4.25. The molecule has 1 aliphatic heterocycles. The molecule has 6 heteroatoms. The lowest BCUT2D eigenvalue weighted by Crippen LogP contribution is -2.31. The molecular formula is C14H18ClF3N2. The lowest BCUT2D eigenvalue weighted by Gasteiger charge is -2.22. The maximum absolute atomic E-state index is 13.0. The number of rotatable bonds is 3. The standard InChI is InChI=1S/C14H18ClF3N2/c1-9(2)20-7-6-10(8-20)19-13-11(14(16,17)18)4-3-5-12(13)15/h3-5,9-10,19H,6-8H2,1-2H3. The first-order valence-electron chi connectivity index (χ1n) is 6.65. The monoisotopic (exact) mass is 306 g/mol. The summed E-state index contributed by atoms with van der Waals surface area (Å²) in [6.45, 7) is 5.79. The summed E-state index contributed by atoms with van der Waals surface area (Å²) in [7, 11) is 0. The van der Waals surface area contributed by atoms with Crippen LogP contribution in [0.4, 0.5) is 18.9 Å². The molecule has 0 saturated carbocycles. The number of para-hydroxylation sites is 1. The van der Waals surface area contributed by atoms with Gasteiger partial charge in [0, 0.05) is 25.2 Å². The van der Waals surface area contributed by atoms with Gasteiger partial charge in [-0.15, -0.1) is 0 Å². The van der Waals surface area contributed by atoms with Crippen molar-refractivity contribution < 1.29 is 13.2 Å². The van der Waals surface area contributed by atoms with Crippen LogP contribution in [-0.4, -0.2) is 30.1 Å². The molecule has 1 saturated heterocycles. The third kappa shape index (κ3) is 3.38. The van der Waals surface area contributed by atoms with Crippen LogP contribution in [0.1, 0.15) is 25.8 Å². The quantitative estimate of drug-likeness (QED) is 0.898. The lowest BCUT2D eigenvalue weighted by atomic mass is 10.1. The molecule has 1 atom stereocenters. The van der Waals surface area contributed by atoms with Crippen molar-refractivity contribution in [3.63, 3.8) is 0 Å². The van der Waals surface area contributed by atoms with Gasteiger partial charge in [0.1, 0.15) is 0 Å². The summed E-state index contributed by atoms with van der Waals surface area (Å²) < 4.78 is 39.0. The van der Waals surface area contributed by atoms with Gasteiger partial charge in [-0.1, -0.05) is 17.7 Å². The Morgan fingerprint density at radius 2 is 2.05 bits per heavy atom. The fourth-order valence-corrected chi connectivity index (χ4v) is 2.71. The summed E-state index contributed by atoms with van der Waals surface area (Å²) in [5, 5.41) is 3.09. The minimum absolute atomic E-state index is 0.00148. The van der Waals surface area contributed by atoms with E-state index in [1.165, 1.54) is 12.1 Å². The number of halogens is 4. The van der Waals surface area contributed by atoms with E-state index in [0.29, 0.717) is 6.04 Å². The van der Waals surface area contributed by atoms with E-state index in [0.717, 1.165) is 25.6 Å². The Balaban J connectivity index is 2.18. The second-order valence-electron chi connectivity index (χ2n) is 5.38. The van der Waals surface area contributed by atoms with Crippen molar-refractivity contribution in [1.82, 2.24) is 4.90 Å². The Hall–Kier alpha value is -0.940. The molecule has 1 aliphatic rings. The molecule has 0 bridgehead atoms. The molecular weight excluding hydrogens is 289 g/mol. The van der Waals surface area contributed by atoms with Gasteiger partial charge in [0.25, 0.3) is 0 Å². The highest BCUT2D eigenvalue weighted by Gasteiger charge is 2.35. The van der Waals surface area contributed by atoms with Crippen LogP contribution in [0.3, 0.4) is 0 Å². The van der Waals surface area contributed by atoms with Crippen molar-refractivity contribution in [2.45, 2.75) is 38.5 Å². The van der Waals surface area contributed by atoms with Crippen LogP contribution in [0.2, 0.25) is 5.02 Å². The molecule has 1 N–H and O–H groups in total. The zero-order valence-corrected chi connectivity index (χ0v) is 12.2. The van der Waals surface area contributed by atoms with E-state index in [4.69, 9.17) is 11.6 Å². The fraction of sp³-hybridized carbons (Fsp3) is 0.571. The van der Waals surface area contributed by atoms with E-state index in [2.05, 4.69) is 24.1 Å². The van der Waals surface area contributed by atoms with Crippen molar-refractivity contribution in [2.24, 2.45) is 0 Å². The minimum Gasteiger partial charge on any atom is -0.379 e. The molecule has 0 aliphatic carbocycles. The molecule has 0 amide bonds. The largest absolute Gasteiger partial charge is 0.418 e. The zero-order valence-electron chi connectivity index (χ0n) is 11.5. The highest BCUT2D eigenvalue weighted by atomic mass is 35.5. The van der Waals surface area contributed by atoms with Crippen LogP contribution in [0, 0.1) is 0 Å². The molecule has 1 aromatic rings. The summed E-state index contributed by atoms with van der Waals surface area (Å²) >= 11 is 5.94. The van der Waals surface area contributed by atoms with Crippen molar-refractivity contribution in [1.29, 1.82) is 0 Å². The highest BCUT2D eigenvalue weighted by Crippen LogP contribution is 2.39. The smallest absolute Gasteiger partial charge is 0.379 e. The van der Waals surface area contributed by atoms with Crippen LogP contribution in [-0.2, 0) is 6.18 Å². The van der Waals surface area contributed by atoms with E-state index in [9.17, 15) is 13.2 Å². The van der Waals surface area contributed by atoms with Crippen LogP contribution in [0.25, 0.3) is 0 Å². The summed E-state index contributed by atoms with van der Waals surface area (Å²) in [5.41, 5.74) is -0.703. The summed E-state index contributed by atoms with van der Waals surface area (Å²) in [6, 6.07) is 4.26. The third-order valence-corrected chi connectivity index (χ3v) is 3.93. The van der Waals surface area contributed by atoms with Crippen molar-refractivity contribution in [3.05, 3.63) is 28.8 Å². The van der Waals surface area contributed by atoms with E-state index in [-0.39, 0.29) is 16.8 Å². The first-order chi connectivity index (χ1) is 9.29. The van der Waals surface area contributed by atoms with E-state index in [1.807, 2.05) is 0 Å². The van der Waals surface area contributed by atoms with Gasteiger partial charge < -0.3 is 5.32 Å². The Labute approximate surface area is 121 Å². The van der Waals surface area contributed by atoms with E-state index in [1.54, 1.807) is 0 Å². The Kier molecular flexibility index (Phi) is 4.49. The fourth-order valence-electron chi connectivity index (χ4n) is 2.49. The molecule has 1 heterocycles. The first-order valence-corrected chi connectivity index (χ1v) is 7.03. The SMILES string of the molecule is CC(C)N1CCC(Nc2c(Cl)cccc2C(F)(F)F)C1. The number of alkyl halides is 3. The molecule has 20 heavy (non-hydrogen) atoms. The number of nitrogens with zero attached hydrogens (tertiary/aromatic N) is 1. The Bertz CT molecular complexity index is 474. The van der Waals surface area contributed by atoms with Crippen LogP contribution < -0.4 is 5.32 Å². The molecule has 2 rings (SSSR count). The predicted molar refractivity (Wildman–Crippen MR) is 75.2 cm³/mol. The average Bonchev–Trinajstić information content (AvgIpc) is 2.79. The van der Waals surface area contributed by atoms with E-state index >= 15 is 0 Å². The number of likely N-dealkylation sites (tertiary alicyclic amines) is 1. The third-order valence-electron chi connectivity index (χ3n) is 3.62. The van der Waals surface area contributed by atoms with Crippen LogP contribution in [0.15, 0.2) is 18.2 Å². The maximum atomic E-state index is 13.0. The second kappa shape index (κ2) is 5.82. The molecule has 1 fully saturated rings. The van der Waals surface area contributed by atoms with Crippen molar-refractivity contribution in [3.8, 4) is 0 Å². The van der Waals surface area contributed by atoms with Crippen LogP contribution >= 0.6 is 11.6 Å². The van der Waals surface area contributed by atoms with Gasteiger partial charge >= 0.3 is 6.18 Å². The number of benzene rings is 1. The van der Waals surface area contributed by atoms with Gasteiger partial charge in [0.15, 0.2) is 0 Å². The topological polar surface area (TPSA) is 15.3 Å². The van der Waals surface area contributed by atoms with E-state index < -0.39 is 11.7 Å². The molecule has 1 aromatic carbocycles. The van der Waals surface area contributed by atoms with Crippen molar-refractivity contribution in [2.75, 3.05) is 18.4 Å². The van der Waals surface area contributed by atoms with Crippen LogP contribution in [0.5, 0.6) is 0 Å². The summed E-state index contributed by atoms with van der Waals surface area (Å²) in [5.74, 6) is 0. The second-order valence-corrected chi connectivity index (χ2v) is 5.79. The first kappa shape index (κ1) is 15.4. The van der Waals surface area contributed by atoms with Crippen molar-refractivity contribution >= 4 is 17.3 Å².